The summed E-state index contributed by atoms with van der Waals surface area (Å²) in [5, 5.41) is 6.27. The van der Waals surface area contributed by atoms with Crippen molar-refractivity contribution in [1.82, 2.24) is 15.5 Å². The van der Waals surface area contributed by atoms with Crippen molar-refractivity contribution < 1.29 is 9.59 Å². The Labute approximate surface area is 102 Å². The van der Waals surface area contributed by atoms with Gasteiger partial charge >= 0.3 is 0 Å². The molecule has 2 saturated heterocycles. The van der Waals surface area contributed by atoms with Crippen molar-refractivity contribution in [3.8, 4) is 0 Å². The molecule has 2 N–H and O–H groups in total. The first-order chi connectivity index (χ1) is 8.01. The number of piperidine rings is 1. The molecule has 0 aromatic heterocycles. The molecule has 5 nitrogen and oxygen atoms in total. The van der Waals surface area contributed by atoms with E-state index in [-0.39, 0.29) is 17.9 Å². The molecule has 2 atom stereocenters. The fourth-order valence-electron chi connectivity index (χ4n) is 2.55. The van der Waals surface area contributed by atoms with E-state index in [1.54, 1.807) is 11.9 Å². The number of likely N-dealkylation sites (tertiary alicyclic amines) is 1. The summed E-state index contributed by atoms with van der Waals surface area (Å²) in [5.74, 6) is 0.141. The first-order valence-corrected chi connectivity index (χ1v) is 6.31. The molecule has 2 rings (SSSR count). The van der Waals surface area contributed by atoms with Crippen molar-refractivity contribution in [2.45, 2.75) is 44.2 Å². The number of carbonyl (C=O) groups is 2. The normalized spacial score (nSPS) is 33.9. The first-order valence-electron chi connectivity index (χ1n) is 6.31. The highest BCUT2D eigenvalue weighted by molar-refractivity contribution is 5.87. The van der Waals surface area contributed by atoms with Crippen molar-refractivity contribution in [3.63, 3.8) is 0 Å². The highest BCUT2D eigenvalue weighted by Crippen LogP contribution is 2.19. The van der Waals surface area contributed by atoms with Gasteiger partial charge in [-0.2, -0.15) is 0 Å². The first kappa shape index (κ1) is 12.4. The molecule has 96 valence electrons. The Morgan fingerprint density at radius 3 is 2.82 bits per heavy atom. The van der Waals surface area contributed by atoms with E-state index in [1.807, 2.05) is 6.92 Å². The van der Waals surface area contributed by atoms with Crippen LogP contribution >= 0.6 is 0 Å². The molecule has 2 amide bonds. The highest BCUT2D eigenvalue weighted by atomic mass is 16.2. The van der Waals surface area contributed by atoms with Crippen molar-refractivity contribution in [2.24, 2.45) is 0 Å². The van der Waals surface area contributed by atoms with Gasteiger partial charge in [0, 0.05) is 20.0 Å². The lowest BCUT2D eigenvalue weighted by Gasteiger charge is -2.34. The minimum Gasteiger partial charge on any atom is -0.349 e. The summed E-state index contributed by atoms with van der Waals surface area (Å²) < 4.78 is 0. The van der Waals surface area contributed by atoms with Crippen molar-refractivity contribution in [2.75, 3.05) is 20.1 Å². The number of nitrogens with zero attached hydrogens (tertiary/aromatic N) is 1. The van der Waals surface area contributed by atoms with Crippen molar-refractivity contribution in [1.29, 1.82) is 0 Å². The zero-order chi connectivity index (χ0) is 12.5. The van der Waals surface area contributed by atoms with Gasteiger partial charge in [0.25, 0.3) is 0 Å². The van der Waals surface area contributed by atoms with E-state index in [4.69, 9.17) is 0 Å². The molecule has 2 heterocycles. The fraction of sp³-hybridized carbons (Fsp3) is 0.833. The van der Waals surface area contributed by atoms with E-state index in [9.17, 15) is 9.59 Å². The van der Waals surface area contributed by atoms with Gasteiger partial charge in [0.1, 0.15) is 0 Å². The van der Waals surface area contributed by atoms with E-state index >= 15 is 0 Å². The van der Waals surface area contributed by atoms with E-state index in [1.165, 1.54) is 0 Å². The van der Waals surface area contributed by atoms with E-state index in [0.717, 1.165) is 25.8 Å². The van der Waals surface area contributed by atoms with Gasteiger partial charge in [0.2, 0.25) is 11.8 Å². The van der Waals surface area contributed by atoms with Crippen LogP contribution in [0.4, 0.5) is 0 Å². The monoisotopic (exact) mass is 239 g/mol. The molecule has 0 aliphatic carbocycles. The average molecular weight is 239 g/mol. The maximum Gasteiger partial charge on any atom is 0.240 e. The Kier molecular flexibility index (Phi) is 3.38. The van der Waals surface area contributed by atoms with Crippen LogP contribution in [-0.4, -0.2) is 48.4 Å². The van der Waals surface area contributed by atoms with Crippen molar-refractivity contribution >= 4 is 11.8 Å². The zero-order valence-corrected chi connectivity index (χ0v) is 10.6. The molecule has 0 saturated carbocycles. The summed E-state index contributed by atoms with van der Waals surface area (Å²) in [5.41, 5.74) is -0.456. The van der Waals surface area contributed by atoms with Crippen LogP contribution < -0.4 is 10.6 Å². The lowest BCUT2D eigenvalue weighted by Crippen LogP contribution is -2.58. The Morgan fingerprint density at radius 2 is 2.29 bits per heavy atom. The second-order valence-electron chi connectivity index (χ2n) is 5.36. The van der Waals surface area contributed by atoms with E-state index in [0.29, 0.717) is 13.0 Å². The predicted octanol–water partition coefficient (Wildman–Crippen LogP) is -0.134. The second kappa shape index (κ2) is 4.64. The molecular formula is C12H21N3O2. The molecule has 2 aliphatic rings. The van der Waals surface area contributed by atoms with Crippen LogP contribution in [0.5, 0.6) is 0 Å². The van der Waals surface area contributed by atoms with Crippen LogP contribution in [0.25, 0.3) is 0 Å². The number of rotatable bonds is 2. The largest absolute Gasteiger partial charge is 0.349 e. The number of likely N-dealkylation sites (N-methyl/N-ethyl adjacent to an activating group) is 1. The van der Waals surface area contributed by atoms with Gasteiger partial charge < -0.3 is 15.5 Å². The van der Waals surface area contributed by atoms with Crippen LogP contribution in [0.2, 0.25) is 0 Å². The highest BCUT2D eigenvalue weighted by Gasteiger charge is 2.37. The Balaban J connectivity index is 1.90. The van der Waals surface area contributed by atoms with Gasteiger partial charge in [-0.15, -0.1) is 0 Å². The molecule has 5 heteroatoms. The minimum absolute atomic E-state index is 0.0273. The number of nitrogens with one attached hydrogen (secondary N) is 2. The number of carbonyl (C=O) groups excluding carboxylic acids is 2. The molecule has 2 fully saturated rings. The molecule has 2 unspecified atom stereocenters. The third-order valence-corrected chi connectivity index (χ3v) is 3.80. The van der Waals surface area contributed by atoms with E-state index in [2.05, 4.69) is 10.6 Å². The topological polar surface area (TPSA) is 61.4 Å². The van der Waals surface area contributed by atoms with Gasteiger partial charge in [0.15, 0.2) is 0 Å². The lowest BCUT2D eigenvalue weighted by atomic mass is 9.90. The number of hydrogen-bond donors (Lipinski definition) is 2. The summed E-state index contributed by atoms with van der Waals surface area (Å²) in [6.07, 6.45) is 3.52. The maximum absolute atomic E-state index is 12.2. The third-order valence-electron chi connectivity index (χ3n) is 3.80. The van der Waals surface area contributed by atoms with E-state index < -0.39 is 5.54 Å². The van der Waals surface area contributed by atoms with Crippen LogP contribution in [0, 0.1) is 0 Å². The molecule has 2 aliphatic heterocycles. The fourth-order valence-corrected chi connectivity index (χ4v) is 2.55. The minimum atomic E-state index is -0.456. The van der Waals surface area contributed by atoms with Gasteiger partial charge in [0.05, 0.1) is 11.6 Å². The van der Waals surface area contributed by atoms with Crippen LogP contribution in [0.1, 0.15) is 32.6 Å². The Bertz CT molecular complexity index is 324. The summed E-state index contributed by atoms with van der Waals surface area (Å²) in [6.45, 7) is 3.47. The zero-order valence-electron chi connectivity index (χ0n) is 10.6. The number of hydrogen-bond acceptors (Lipinski definition) is 3. The molecule has 0 bridgehead atoms. The second-order valence-corrected chi connectivity index (χ2v) is 5.36. The molecule has 0 aromatic rings. The van der Waals surface area contributed by atoms with Crippen LogP contribution in [0.3, 0.4) is 0 Å². The molecular weight excluding hydrogens is 218 g/mol. The summed E-state index contributed by atoms with van der Waals surface area (Å²) in [7, 11) is 1.77. The predicted molar refractivity (Wildman–Crippen MR) is 64.4 cm³/mol. The quantitative estimate of drug-likeness (QED) is 0.705. The maximum atomic E-state index is 12.2. The van der Waals surface area contributed by atoms with Gasteiger partial charge in [-0.3, -0.25) is 9.59 Å². The van der Waals surface area contributed by atoms with Gasteiger partial charge in [-0.05, 0) is 32.7 Å². The molecule has 0 aromatic carbocycles. The van der Waals surface area contributed by atoms with Gasteiger partial charge in [-0.25, -0.2) is 0 Å². The average Bonchev–Trinajstić information content (AvgIpc) is 2.59. The number of amides is 2. The smallest absolute Gasteiger partial charge is 0.240 e. The summed E-state index contributed by atoms with van der Waals surface area (Å²) in [6, 6.07) is -0.0273. The molecule has 0 spiro atoms. The molecule has 17 heavy (non-hydrogen) atoms. The third kappa shape index (κ3) is 2.60. The summed E-state index contributed by atoms with van der Waals surface area (Å²) >= 11 is 0. The summed E-state index contributed by atoms with van der Waals surface area (Å²) in [4.78, 5) is 25.2. The van der Waals surface area contributed by atoms with Crippen molar-refractivity contribution in [3.05, 3.63) is 0 Å². The van der Waals surface area contributed by atoms with Crippen LogP contribution in [0.15, 0.2) is 0 Å². The molecule has 0 radical (unpaired) electrons. The Morgan fingerprint density at radius 1 is 1.53 bits per heavy atom. The van der Waals surface area contributed by atoms with Gasteiger partial charge in [-0.1, -0.05) is 0 Å². The van der Waals surface area contributed by atoms with Crippen LogP contribution in [-0.2, 0) is 9.59 Å². The standard InChI is InChI=1S/C12H21N3O2/c1-12(5-3-4-6-13-12)11(17)14-9-7-10(16)15(2)8-9/h9,13H,3-8H2,1-2H3,(H,14,17). The lowest BCUT2D eigenvalue weighted by molar-refractivity contribution is -0.128. The Hall–Kier alpha value is -1.10. The SMILES string of the molecule is CN1CC(NC(=O)C2(C)CCCCN2)CC1=O.